The Morgan fingerprint density at radius 3 is 2.39 bits per heavy atom. The van der Waals surface area contributed by atoms with Crippen molar-refractivity contribution in [3.63, 3.8) is 0 Å². The van der Waals surface area contributed by atoms with Crippen molar-refractivity contribution >= 4 is 34.1 Å². The van der Waals surface area contributed by atoms with Crippen LogP contribution in [0.5, 0.6) is 0 Å². The maximum absolute atomic E-state index is 13.2. The molecule has 0 aliphatic rings. The summed E-state index contributed by atoms with van der Waals surface area (Å²) in [5.74, 6) is -0.908. The molecule has 3 aromatic rings. The first-order valence-corrected chi connectivity index (χ1v) is 10.8. The van der Waals surface area contributed by atoms with Crippen LogP contribution in [0.15, 0.2) is 48.5 Å². The Bertz CT molecular complexity index is 1150. The highest BCUT2D eigenvalue weighted by molar-refractivity contribution is 7.18. The van der Waals surface area contributed by atoms with E-state index in [0.29, 0.717) is 5.01 Å². The maximum atomic E-state index is 13.2. The van der Waals surface area contributed by atoms with Gasteiger partial charge >= 0.3 is 12.2 Å². The SMILES string of the molecule is Cc1cccc(-c2nnc(NC(=O)C(NC(=O)Nc3ccccc3C(F)(F)F)C(C)C)s2)c1. The van der Waals surface area contributed by atoms with Gasteiger partial charge in [0.2, 0.25) is 11.0 Å². The van der Waals surface area contributed by atoms with Gasteiger partial charge in [-0.2, -0.15) is 13.2 Å². The number of hydrogen-bond donors (Lipinski definition) is 3. The van der Waals surface area contributed by atoms with Gasteiger partial charge in [0, 0.05) is 5.56 Å². The predicted molar refractivity (Wildman–Crippen MR) is 121 cm³/mol. The quantitative estimate of drug-likeness (QED) is 0.448. The van der Waals surface area contributed by atoms with Crippen LogP contribution in [0.4, 0.5) is 28.8 Å². The van der Waals surface area contributed by atoms with E-state index in [1.165, 1.54) is 23.5 Å². The highest BCUT2D eigenvalue weighted by Gasteiger charge is 2.34. The van der Waals surface area contributed by atoms with Crippen molar-refractivity contribution in [1.82, 2.24) is 15.5 Å². The molecular weight excluding hydrogens is 455 g/mol. The van der Waals surface area contributed by atoms with E-state index in [0.717, 1.165) is 23.3 Å². The molecular formula is C22H22F3N5O2S. The molecule has 0 radical (unpaired) electrons. The highest BCUT2D eigenvalue weighted by Crippen LogP contribution is 2.34. The Morgan fingerprint density at radius 1 is 1.00 bits per heavy atom. The number of benzene rings is 2. The third kappa shape index (κ3) is 6.28. The normalized spacial score (nSPS) is 12.3. The van der Waals surface area contributed by atoms with Gasteiger partial charge in [-0.15, -0.1) is 10.2 Å². The van der Waals surface area contributed by atoms with Crippen molar-refractivity contribution in [1.29, 1.82) is 0 Å². The second-order valence-electron chi connectivity index (χ2n) is 7.63. The number of aromatic nitrogens is 2. The summed E-state index contributed by atoms with van der Waals surface area (Å²) in [7, 11) is 0. The van der Waals surface area contributed by atoms with Crippen molar-refractivity contribution in [2.75, 3.05) is 10.6 Å². The molecule has 2 aromatic carbocycles. The zero-order valence-electron chi connectivity index (χ0n) is 18.0. The molecule has 0 saturated heterocycles. The van der Waals surface area contributed by atoms with Crippen molar-refractivity contribution < 1.29 is 22.8 Å². The molecule has 1 atom stereocenters. The van der Waals surface area contributed by atoms with Crippen molar-refractivity contribution in [2.24, 2.45) is 5.92 Å². The third-order valence-corrected chi connectivity index (χ3v) is 5.52. The van der Waals surface area contributed by atoms with Gasteiger partial charge in [-0.1, -0.05) is 61.1 Å². The number of nitrogens with zero attached hydrogens (tertiary/aromatic N) is 2. The largest absolute Gasteiger partial charge is 0.418 e. The van der Waals surface area contributed by atoms with Gasteiger partial charge in [0.05, 0.1) is 11.3 Å². The molecule has 3 amide bonds. The lowest BCUT2D eigenvalue weighted by atomic mass is 10.0. The summed E-state index contributed by atoms with van der Waals surface area (Å²) >= 11 is 1.17. The molecule has 1 unspecified atom stereocenters. The average Bonchev–Trinajstić information content (AvgIpc) is 3.20. The summed E-state index contributed by atoms with van der Waals surface area (Å²) in [5, 5.41) is 16.1. The predicted octanol–water partition coefficient (Wildman–Crippen LogP) is 5.32. The fourth-order valence-electron chi connectivity index (χ4n) is 3.03. The highest BCUT2D eigenvalue weighted by atomic mass is 32.1. The summed E-state index contributed by atoms with van der Waals surface area (Å²) in [4.78, 5) is 25.2. The second kappa shape index (κ2) is 9.99. The number of anilines is 2. The van der Waals surface area contributed by atoms with Crippen LogP contribution >= 0.6 is 11.3 Å². The minimum absolute atomic E-state index is 0.242. The molecule has 0 aliphatic carbocycles. The second-order valence-corrected chi connectivity index (χ2v) is 8.61. The minimum atomic E-state index is -4.63. The molecule has 174 valence electrons. The summed E-state index contributed by atoms with van der Waals surface area (Å²) < 4.78 is 39.5. The third-order valence-electron chi connectivity index (χ3n) is 4.64. The minimum Gasteiger partial charge on any atom is -0.326 e. The molecule has 1 aromatic heterocycles. The summed E-state index contributed by atoms with van der Waals surface area (Å²) in [5.41, 5.74) is 0.519. The molecule has 7 nitrogen and oxygen atoms in total. The Hall–Kier alpha value is -3.47. The Labute approximate surface area is 192 Å². The number of rotatable bonds is 6. The fourth-order valence-corrected chi connectivity index (χ4v) is 3.77. The van der Waals surface area contributed by atoms with Crippen LogP contribution in [0.25, 0.3) is 10.6 Å². The fraction of sp³-hybridized carbons (Fsp3) is 0.273. The molecule has 1 heterocycles. The van der Waals surface area contributed by atoms with Crippen molar-refractivity contribution in [3.8, 4) is 10.6 Å². The van der Waals surface area contributed by atoms with Crippen LogP contribution < -0.4 is 16.0 Å². The van der Waals surface area contributed by atoms with Gasteiger partial charge in [-0.3, -0.25) is 10.1 Å². The lowest BCUT2D eigenvalue weighted by Gasteiger charge is -2.22. The van der Waals surface area contributed by atoms with E-state index in [1.54, 1.807) is 13.8 Å². The van der Waals surface area contributed by atoms with Crippen LogP contribution in [0.3, 0.4) is 0 Å². The molecule has 0 bridgehead atoms. The lowest BCUT2D eigenvalue weighted by molar-refractivity contribution is -0.137. The van der Waals surface area contributed by atoms with Crippen LogP contribution in [0, 0.1) is 12.8 Å². The van der Waals surface area contributed by atoms with E-state index in [9.17, 15) is 22.8 Å². The first-order chi connectivity index (χ1) is 15.5. The molecule has 0 aliphatic heterocycles. The van der Waals surface area contributed by atoms with E-state index < -0.39 is 35.4 Å². The number of carbonyl (C=O) groups excluding carboxylic acids is 2. The first kappa shape index (κ1) is 24.2. The number of hydrogen-bond acceptors (Lipinski definition) is 5. The standard InChI is InChI=1S/C22H22F3N5O2S/c1-12(2)17(27-20(32)26-16-10-5-4-9-15(16)22(23,24)25)18(31)28-21-30-29-19(33-21)14-8-6-7-13(3)11-14/h4-12,17H,1-3H3,(H2,26,27,32)(H,28,30,31). The molecule has 0 spiro atoms. The monoisotopic (exact) mass is 477 g/mol. The smallest absolute Gasteiger partial charge is 0.326 e. The number of alkyl halides is 3. The Morgan fingerprint density at radius 2 is 1.73 bits per heavy atom. The van der Waals surface area contributed by atoms with Gasteiger partial charge in [-0.05, 0) is 31.0 Å². The molecule has 0 fully saturated rings. The zero-order chi connectivity index (χ0) is 24.2. The summed E-state index contributed by atoms with van der Waals surface area (Å²) in [6.45, 7) is 5.35. The first-order valence-electron chi connectivity index (χ1n) is 9.99. The van der Waals surface area contributed by atoms with Crippen molar-refractivity contribution in [2.45, 2.75) is 33.0 Å². The van der Waals surface area contributed by atoms with Crippen LogP contribution in [0.2, 0.25) is 0 Å². The molecule has 0 saturated carbocycles. The van der Waals surface area contributed by atoms with Gasteiger partial charge < -0.3 is 10.6 Å². The van der Waals surface area contributed by atoms with Gasteiger partial charge in [0.15, 0.2) is 0 Å². The number of amides is 3. The van der Waals surface area contributed by atoms with Crippen LogP contribution in [-0.2, 0) is 11.0 Å². The zero-order valence-corrected chi connectivity index (χ0v) is 18.8. The number of halogens is 3. The number of para-hydroxylation sites is 1. The maximum Gasteiger partial charge on any atom is 0.418 e. The summed E-state index contributed by atoms with van der Waals surface area (Å²) in [6, 6.07) is 10.3. The molecule has 33 heavy (non-hydrogen) atoms. The molecule has 3 N–H and O–H groups in total. The van der Waals surface area contributed by atoms with Crippen molar-refractivity contribution in [3.05, 3.63) is 59.7 Å². The van der Waals surface area contributed by atoms with Gasteiger partial charge in [0.1, 0.15) is 11.0 Å². The summed E-state index contributed by atoms with van der Waals surface area (Å²) in [6.07, 6.45) is -4.63. The van der Waals surface area contributed by atoms with E-state index in [1.807, 2.05) is 31.2 Å². The Kier molecular flexibility index (Phi) is 7.32. The number of urea groups is 1. The lowest BCUT2D eigenvalue weighted by Crippen LogP contribution is -2.48. The van der Waals surface area contributed by atoms with Crippen LogP contribution in [-0.4, -0.2) is 28.2 Å². The van der Waals surface area contributed by atoms with E-state index in [2.05, 4.69) is 26.1 Å². The number of aryl methyl sites for hydroxylation is 1. The topological polar surface area (TPSA) is 96.0 Å². The van der Waals surface area contributed by atoms with Gasteiger partial charge in [-0.25, -0.2) is 4.79 Å². The molecule has 3 rings (SSSR count). The van der Waals surface area contributed by atoms with E-state index in [4.69, 9.17) is 0 Å². The average molecular weight is 478 g/mol. The van der Waals surface area contributed by atoms with E-state index in [-0.39, 0.29) is 11.0 Å². The Balaban J connectivity index is 1.68. The van der Waals surface area contributed by atoms with Gasteiger partial charge in [0.25, 0.3) is 0 Å². The van der Waals surface area contributed by atoms with E-state index >= 15 is 0 Å². The van der Waals surface area contributed by atoms with Crippen LogP contribution in [0.1, 0.15) is 25.0 Å². The molecule has 11 heteroatoms. The number of nitrogens with one attached hydrogen (secondary N) is 3. The number of carbonyl (C=O) groups is 2.